The average molecular weight is 214 g/mol. The third-order valence-electron chi connectivity index (χ3n) is 1.53. The van der Waals surface area contributed by atoms with Gasteiger partial charge in [0.2, 0.25) is 5.95 Å². The highest BCUT2D eigenvalue weighted by molar-refractivity contribution is 5.93. The van der Waals surface area contributed by atoms with Crippen molar-refractivity contribution in [2.75, 3.05) is 14.2 Å². The van der Waals surface area contributed by atoms with Gasteiger partial charge in [-0.3, -0.25) is 9.63 Å². The molecule has 0 saturated heterocycles. The lowest BCUT2D eigenvalue weighted by atomic mass is 10.2. The van der Waals surface area contributed by atoms with E-state index in [0.29, 0.717) is 0 Å². The molecular formula is C10H15FN2O2. The Labute approximate surface area is 88.6 Å². The van der Waals surface area contributed by atoms with E-state index in [-0.39, 0.29) is 5.56 Å². The second kappa shape index (κ2) is 6.89. The largest absolute Gasteiger partial charge is 0.277 e. The minimum absolute atomic E-state index is 0.205. The Bertz CT molecular complexity index is 318. The van der Waals surface area contributed by atoms with Crippen molar-refractivity contribution >= 4 is 5.91 Å². The Hall–Kier alpha value is -1.49. The fourth-order valence-electron chi connectivity index (χ4n) is 0.800. The highest BCUT2D eigenvalue weighted by atomic mass is 19.1. The van der Waals surface area contributed by atoms with Gasteiger partial charge in [-0.1, -0.05) is 13.8 Å². The van der Waals surface area contributed by atoms with E-state index in [9.17, 15) is 9.18 Å². The zero-order valence-corrected chi connectivity index (χ0v) is 9.32. The van der Waals surface area contributed by atoms with E-state index in [0.717, 1.165) is 11.1 Å². The number of amides is 1. The van der Waals surface area contributed by atoms with E-state index in [2.05, 4.69) is 9.82 Å². The van der Waals surface area contributed by atoms with E-state index in [1.54, 1.807) is 0 Å². The molecule has 15 heavy (non-hydrogen) atoms. The van der Waals surface area contributed by atoms with Crippen molar-refractivity contribution in [1.82, 2.24) is 10.0 Å². The molecule has 0 unspecified atom stereocenters. The molecule has 0 atom stereocenters. The first-order chi connectivity index (χ1) is 7.15. The number of carbonyl (C=O) groups is 1. The van der Waals surface area contributed by atoms with Gasteiger partial charge >= 0.3 is 0 Å². The Balaban J connectivity index is 0.000000921. The first kappa shape index (κ1) is 13.5. The Morgan fingerprint density at radius 3 is 2.60 bits per heavy atom. The van der Waals surface area contributed by atoms with Crippen molar-refractivity contribution in [2.45, 2.75) is 13.8 Å². The standard InChI is InChI=1S/C8H9FN2O2.C2H6/c1-11(13-2)8(12)6-3-4-10-7(9)5-6;1-2/h3-5H,1-2H3;1-2H3. The van der Waals surface area contributed by atoms with Gasteiger partial charge in [0.05, 0.1) is 7.11 Å². The predicted octanol–water partition coefficient (Wildman–Crippen LogP) is 1.88. The molecule has 1 aromatic heterocycles. The number of aromatic nitrogens is 1. The molecule has 0 radical (unpaired) electrons. The first-order valence-corrected chi connectivity index (χ1v) is 4.59. The van der Waals surface area contributed by atoms with Crippen LogP contribution in [0.5, 0.6) is 0 Å². The summed E-state index contributed by atoms with van der Waals surface area (Å²) < 4.78 is 12.6. The summed E-state index contributed by atoms with van der Waals surface area (Å²) in [5.41, 5.74) is 0.205. The van der Waals surface area contributed by atoms with Crippen LogP contribution in [0.2, 0.25) is 0 Å². The van der Waals surface area contributed by atoms with Crippen LogP contribution in [0, 0.1) is 5.95 Å². The summed E-state index contributed by atoms with van der Waals surface area (Å²) in [7, 11) is 2.80. The van der Waals surface area contributed by atoms with Crippen molar-refractivity contribution in [3.8, 4) is 0 Å². The highest BCUT2D eigenvalue weighted by Gasteiger charge is 2.11. The molecule has 1 aromatic rings. The molecule has 1 rings (SSSR count). The van der Waals surface area contributed by atoms with Crippen molar-refractivity contribution < 1.29 is 14.0 Å². The van der Waals surface area contributed by atoms with Crippen LogP contribution >= 0.6 is 0 Å². The predicted molar refractivity (Wildman–Crippen MR) is 54.6 cm³/mol. The van der Waals surface area contributed by atoms with Gasteiger partial charge in [-0.25, -0.2) is 10.0 Å². The molecule has 1 amide bonds. The number of pyridine rings is 1. The van der Waals surface area contributed by atoms with Gasteiger partial charge in [-0.2, -0.15) is 4.39 Å². The third-order valence-corrected chi connectivity index (χ3v) is 1.53. The minimum atomic E-state index is -0.685. The van der Waals surface area contributed by atoms with E-state index in [4.69, 9.17) is 0 Å². The summed E-state index contributed by atoms with van der Waals surface area (Å²) in [6, 6.07) is 2.47. The number of nitrogens with zero attached hydrogens (tertiary/aromatic N) is 2. The van der Waals surface area contributed by atoms with Gasteiger partial charge in [0, 0.05) is 24.9 Å². The molecule has 0 aliphatic rings. The van der Waals surface area contributed by atoms with Crippen molar-refractivity contribution in [3.63, 3.8) is 0 Å². The number of hydrogen-bond donors (Lipinski definition) is 0. The second-order valence-corrected chi connectivity index (χ2v) is 2.35. The summed E-state index contributed by atoms with van der Waals surface area (Å²) in [6.07, 6.45) is 1.23. The number of hydrogen-bond acceptors (Lipinski definition) is 3. The molecule has 0 aromatic carbocycles. The number of halogens is 1. The van der Waals surface area contributed by atoms with Crippen molar-refractivity contribution in [1.29, 1.82) is 0 Å². The first-order valence-electron chi connectivity index (χ1n) is 4.59. The zero-order valence-electron chi connectivity index (χ0n) is 9.32. The normalized spacial score (nSPS) is 8.87. The summed E-state index contributed by atoms with van der Waals surface area (Å²) in [5.74, 6) is -1.10. The summed E-state index contributed by atoms with van der Waals surface area (Å²) >= 11 is 0. The fraction of sp³-hybridized carbons (Fsp3) is 0.400. The maximum Gasteiger partial charge on any atom is 0.277 e. The van der Waals surface area contributed by atoms with Crippen LogP contribution in [0.3, 0.4) is 0 Å². The summed E-state index contributed by atoms with van der Waals surface area (Å²) in [6.45, 7) is 4.00. The lowest BCUT2D eigenvalue weighted by Gasteiger charge is -2.12. The average Bonchev–Trinajstić information content (AvgIpc) is 2.29. The quantitative estimate of drug-likeness (QED) is 0.557. The Morgan fingerprint density at radius 2 is 2.13 bits per heavy atom. The van der Waals surface area contributed by atoms with E-state index in [1.165, 1.54) is 26.4 Å². The molecule has 5 heteroatoms. The smallest absolute Gasteiger partial charge is 0.274 e. The molecule has 0 N–H and O–H groups in total. The second-order valence-electron chi connectivity index (χ2n) is 2.35. The van der Waals surface area contributed by atoms with Gasteiger partial charge in [-0.05, 0) is 6.07 Å². The minimum Gasteiger partial charge on any atom is -0.274 e. The zero-order chi connectivity index (χ0) is 11.8. The lowest BCUT2D eigenvalue weighted by molar-refractivity contribution is -0.0757. The summed E-state index contributed by atoms with van der Waals surface area (Å²) in [4.78, 5) is 19.3. The van der Waals surface area contributed by atoms with Crippen LogP contribution in [0.4, 0.5) is 4.39 Å². The Kier molecular flexibility index (Phi) is 6.21. The van der Waals surface area contributed by atoms with Gasteiger partial charge in [0.15, 0.2) is 0 Å². The molecule has 0 fully saturated rings. The van der Waals surface area contributed by atoms with Crippen LogP contribution in [0.25, 0.3) is 0 Å². The molecule has 0 saturated carbocycles. The molecule has 84 valence electrons. The van der Waals surface area contributed by atoms with Crippen LogP contribution in [-0.2, 0) is 4.84 Å². The van der Waals surface area contributed by atoms with Crippen molar-refractivity contribution in [3.05, 3.63) is 29.8 Å². The number of carbonyl (C=O) groups excluding carboxylic acids is 1. The maximum absolute atomic E-state index is 12.6. The van der Waals surface area contributed by atoms with E-state index >= 15 is 0 Å². The maximum atomic E-state index is 12.6. The summed E-state index contributed by atoms with van der Waals surface area (Å²) in [5, 5.41) is 1.01. The van der Waals surface area contributed by atoms with E-state index in [1.807, 2.05) is 13.8 Å². The van der Waals surface area contributed by atoms with Gasteiger partial charge in [0.1, 0.15) is 0 Å². The molecule has 0 aliphatic carbocycles. The lowest BCUT2D eigenvalue weighted by Crippen LogP contribution is -2.25. The monoisotopic (exact) mass is 214 g/mol. The Morgan fingerprint density at radius 1 is 1.53 bits per heavy atom. The van der Waals surface area contributed by atoms with E-state index < -0.39 is 11.9 Å². The highest BCUT2D eigenvalue weighted by Crippen LogP contribution is 2.03. The van der Waals surface area contributed by atoms with Crippen molar-refractivity contribution in [2.24, 2.45) is 0 Å². The molecular weight excluding hydrogens is 199 g/mol. The van der Waals surface area contributed by atoms with Crippen LogP contribution in [0.15, 0.2) is 18.3 Å². The molecule has 0 bridgehead atoms. The number of rotatable bonds is 2. The van der Waals surface area contributed by atoms with Crippen LogP contribution < -0.4 is 0 Å². The SMILES string of the molecule is CC.CON(C)C(=O)c1ccnc(F)c1. The fourth-order valence-corrected chi connectivity index (χ4v) is 0.800. The number of hydroxylamine groups is 2. The molecule has 1 heterocycles. The topological polar surface area (TPSA) is 42.4 Å². The van der Waals surface area contributed by atoms with Gasteiger partial charge in [0.25, 0.3) is 5.91 Å². The van der Waals surface area contributed by atoms with Crippen LogP contribution in [0.1, 0.15) is 24.2 Å². The molecule has 0 spiro atoms. The molecule has 4 nitrogen and oxygen atoms in total. The van der Waals surface area contributed by atoms with Gasteiger partial charge in [-0.15, -0.1) is 0 Å². The van der Waals surface area contributed by atoms with Crippen LogP contribution in [-0.4, -0.2) is 30.1 Å². The third kappa shape index (κ3) is 4.03. The molecule has 0 aliphatic heterocycles. The van der Waals surface area contributed by atoms with Gasteiger partial charge < -0.3 is 0 Å².